The lowest BCUT2D eigenvalue weighted by atomic mass is 9.77. The van der Waals surface area contributed by atoms with Gasteiger partial charge in [0.05, 0.1) is 35.9 Å². The van der Waals surface area contributed by atoms with E-state index in [9.17, 15) is 8.42 Å². The summed E-state index contributed by atoms with van der Waals surface area (Å²) in [6.45, 7) is 0. The van der Waals surface area contributed by atoms with Crippen molar-refractivity contribution in [1.29, 1.82) is 0 Å². The molecular formula is C26H25ClN2O4S. The largest absolute Gasteiger partial charge is 0.493 e. The number of rotatable bonds is 6. The SMILES string of the molecule is COc1ccc([C@@H]2Nc3ccc(S(=O)(=O)Nc4ccccc4Cl)cc3[C@H]3C=CC[C@H]32)cc1OC. The maximum absolute atomic E-state index is 13.1. The van der Waals surface area contributed by atoms with Gasteiger partial charge < -0.3 is 14.8 Å². The van der Waals surface area contributed by atoms with Crippen LogP contribution in [-0.4, -0.2) is 22.6 Å². The summed E-state index contributed by atoms with van der Waals surface area (Å²) in [5.74, 6) is 1.72. The first kappa shape index (κ1) is 22.6. The quantitative estimate of drug-likeness (QED) is 0.410. The molecule has 5 rings (SSSR count). The van der Waals surface area contributed by atoms with Gasteiger partial charge in [-0.05, 0) is 65.9 Å². The average molecular weight is 497 g/mol. The van der Waals surface area contributed by atoms with Gasteiger partial charge in [0.25, 0.3) is 10.0 Å². The number of nitrogens with one attached hydrogen (secondary N) is 2. The first-order chi connectivity index (χ1) is 16.4. The summed E-state index contributed by atoms with van der Waals surface area (Å²) < 4.78 is 39.7. The topological polar surface area (TPSA) is 76.7 Å². The minimum atomic E-state index is -3.80. The summed E-state index contributed by atoms with van der Waals surface area (Å²) in [6.07, 6.45) is 5.24. The molecular weight excluding hydrogens is 472 g/mol. The Labute approximate surface area is 204 Å². The molecule has 2 N–H and O–H groups in total. The molecule has 3 aromatic carbocycles. The number of methoxy groups -OCH3 is 2. The molecule has 0 amide bonds. The van der Waals surface area contributed by atoms with E-state index in [0.717, 1.165) is 23.2 Å². The Morgan fingerprint density at radius 3 is 2.56 bits per heavy atom. The molecule has 34 heavy (non-hydrogen) atoms. The van der Waals surface area contributed by atoms with Gasteiger partial charge in [0.2, 0.25) is 0 Å². The van der Waals surface area contributed by atoms with Crippen molar-refractivity contribution in [2.45, 2.75) is 23.3 Å². The maximum atomic E-state index is 13.1. The van der Waals surface area contributed by atoms with Crippen molar-refractivity contribution >= 4 is 33.0 Å². The zero-order valence-corrected chi connectivity index (χ0v) is 20.4. The van der Waals surface area contributed by atoms with E-state index in [1.807, 2.05) is 24.3 Å². The lowest BCUT2D eigenvalue weighted by molar-refractivity contribution is 0.353. The highest BCUT2D eigenvalue weighted by molar-refractivity contribution is 7.92. The van der Waals surface area contributed by atoms with Gasteiger partial charge in [-0.3, -0.25) is 4.72 Å². The highest BCUT2D eigenvalue weighted by Gasteiger charge is 2.38. The third-order valence-corrected chi connectivity index (χ3v) is 8.22. The summed E-state index contributed by atoms with van der Waals surface area (Å²) in [5.41, 5.74) is 3.34. The third-order valence-electron chi connectivity index (χ3n) is 6.53. The highest BCUT2D eigenvalue weighted by Crippen LogP contribution is 2.51. The van der Waals surface area contributed by atoms with Crippen molar-refractivity contribution in [3.63, 3.8) is 0 Å². The molecule has 0 spiro atoms. The molecule has 0 aromatic heterocycles. The van der Waals surface area contributed by atoms with Crippen molar-refractivity contribution < 1.29 is 17.9 Å². The monoisotopic (exact) mass is 496 g/mol. The number of benzene rings is 3. The van der Waals surface area contributed by atoms with Crippen molar-refractivity contribution in [2.75, 3.05) is 24.3 Å². The molecule has 6 nitrogen and oxygen atoms in total. The van der Waals surface area contributed by atoms with Gasteiger partial charge in [-0.1, -0.05) is 42.0 Å². The van der Waals surface area contributed by atoms with E-state index in [4.69, 9.17) is 21.1 Å². The van der Waals surface area contributed by atoms with Crippen LogP contribution in [0.25, 0.3) is 0 Å². The summed E-state index contributed by atoms with van der Waals surface area (Å²) in [4.78, 5) is 0.205. The second-order valence-corrected chi connectivity index (χ2v) is 10.5. The molecule has 8 heteroatoms. The average Bonchev–Trinajstić information content (AvgIpc) is 3.34. The van der Waals surface area contributed by atoms with Crippen LogP contribution in [-0.2, 0) is 10.0 Å². The number of halogens is 1. The summed E-state index contributed by atoms with van der Waals surface area (Å²) in [6, 6.07) is 18.0. The van der Waals surface area contributed by atoms with Crippen LogP contribution in [0.15, 0.2) is 77.7 Å². The van der Waals surface area contributed by atoms with Gasteiger partial charge in [-0.2, -0.15) is 0 Å². The van der Waals surface area contributed by atoms with Crippen molar-refractivity contribution in [3.8, 4) is 11.5 Å². The fraction of sp³-hybridized carbons (Fsp3) is 0.231. The minimum absolute atomic E-state index is 0.0519. The van der Waals surface area contributed by atoms with Crippen molar-refractivity contribution in [3.05, 3.63) is 89.0 Å². The fourth-order valence-corrected chi connectivity index (χ4v) is 6.22. The Hall–Kier alpha value is -3.16. The number of sulfonamides is 1. The lowest BCUT2D eigenvalue weighted by Crippen LogP contribution is -2.29. The molecule has 0 bridgehead atoms. The summed E-state index contributed by atoms with van der Waals surface area (Å²) >= 11 is 6.16. The van der Waals surface area contributed by atoms with Gasteiger partial charge >= 0.3 is 0 Å². The third kappa shape index (κ3) is 3.99. The lowest BCUT2D eigenvalue weighted by Gasteiger charge is -2.38. The van der Waals surface area contributed by atoms with Crippen LogP contribution in [0.5, 0.6) is 11.5 Å². The molecule has 1 aliphatic heterocycles. The zero-order valence-electron chi connectivity index (χ0n) is 18.8. The zero-order chi connectivity index (χ0) is 23.9. The Morgan fingerprint density at radius 2 is 1.79 bits per heavy atom. The van der Waals surface area contributed by atoms with E-state index in [-0.39, 0.29) is 22.8 Å². The summed E-state index contributed by atoms with van der Waals surface area (Å²) in [5, 5.41) is 3.99. The van der Waals surface area contributed by atoms with Gasteiger partial charge in [-0.25, -0.2) is 8.42 Å². The van der Waals surface area contributed by atoms with Gasteiger partial charge in [0.1, 0.15) is 0 Å². The van der Waals surface area contributed by atoms with Crippen LogP contribution in [0.2, 0.25) is 5.02 Å². The molecule has 3 atom stereocenters. The van der Waals surface area contributed by atoms with E-state index in [0.29, 0.717) is 22.2 Å². The van der Waals surface area contributed by atoms with Crippen LogP contribution < -0.4 is 19.5 Å². The molecule has 1 heterocycles. The Morgan fingerprint density at radius 1 is 1.00 bits per heavy atom. The Balaban J connectivity index is 1.49. The maximum Gasteiger partial charge on any atom is 0.261 e. The standard InChI is InChI=1S/C26H25ClN2O4S/c1-32-24-13-10-16(14-25(24)33-2)26-19-7-5-6-18(19)20-15-17(11-12-22(20)28-26)34(30,31)29-23-9-4-3-8-21(23)27/h3-6,8-15,18-19,26,28-29H,7H2,1-2H3/t18-,19+,26-/m0/s1. The van der Waals surface area contributed by atoms with Crippen LogP contribution in [0.3, 0.4) is 0 Å². The molecule has 0 saturated heterocycles. The Kier molecular flexibility index (Phi) is 5.91. The summed E-state index contributed by atoms with van der Waals surface area (Å²) in [7, 11) is -0.548. The number of hydrogen-bond donors (Lipinski definition) is 2. The van der Waals surface area contributed by atoms with E-state index in [1.54, 1.807) is 50.6 Å². The number of allylic oxidation sites excluding steroid dienone is 2. The molecule has 0 unspecified atom stereocenters. The predicted molar refractivity (Wildman–Crippen MR) is 135 cm³/mol. The van der Waals surface area contributed by atoms with Crippen LogP contribution in [0.4, 0.5) is 11.4 Å². The molecule has 0 radical (unpaired) electrons. The van der Waals surface area contributed by atoms with Gasteiger partial charge in [0.15, 0.2) is 11.5 Å². The van der Waals surface area contributed by atoms with Crippen LogP contribution in [0.1, 0.15) is 29.5 Å². The van der Waals surface area contributed by atoms with Gasteiger partial charge in [-0.15, -0.1) is 0 Å². The molecule has 2 aliphatic rings. The highest BCUT2D eigenvalue weighted by atomic mass is 35.5. The number of para-hydroxylation sites is 1. The number of fused-ring (bicyclic) bond motifs is 3. The second-order valence-electron chi connectivity index (χ2n) is 8.42. The smallest absolute Gasteiger partial charge is 0.261 e. The molecule has 3 aromatic rings. The van der Waals surface area contributed by atoms with Gasteiger partial charge in [0, 0.05) is 11.6 Å². The fourth-order valence-electron chi connectivity index (χ4n) is 4.86. The molecule has 0 fully saturated rings. The number of anilines is 2. The van der Waals surface area contributed by atoms with E-state index >= 15 is 0 Å². The Bertz CT molecular complexity index is 1370. The van der Waals surface area contributed by atoms with Crippen LogP contribution in [0, 0.1) is 5.92 Å². The predicted octanol–water partition coefficient (Wildman–Crippen LogP) is 5.98. The van der Waals surface area contributed by atoms with E-state index in [2.05, 4.69) is 22.2 Å². The second kappa shape index (κ2) is 8.89. The van der Waals surface area contributed by atoms with Crippen molar-refractivity contribution in [1.82, 2.24) is 0 Å². The minimum Gasteiger partial charge on any atom is -0.493 e. The van der Waals surface area contributed by atoms with Crippen molar-refractivity contribution in [2.24, 2.45) is 5.92 Å². The van der Waals surface area contributed by atoms with Crippen LogP contribution >= 0.6 is 11.6 Å². The number of hydrogen-bond acceptors (Lipinski definition) is 5. The van der Waals surface area contributed by atoms with E-state index in [1.165, 1.54) is 0 Å². The molecule has 176 valence electrons. The molecule has 0 saturated carbocycles. The first-order valence-electron chi connectivity index (χ1n) is 11.0. The normalized spacial score (nSPS) is 20.7. The van der Waals surface area contributed by atoms with E-state index < -0.39 is 10.0 Å². The number of ether oxygens (including phenoxy) is 2. The molecule has 1 aliphatic carbocycles. The first-order valence-corrected chi connectivity index (χ1v) is 12.8.